The molecule has 0 aromatic rings. The van der Waals surface area contributed by atoms with Crippen LogP contribution in [-0.4, -0.2) is 10.7 Å². The minimum absolute atomic E-state index is 0.0974. The maximum Gasteiger partial charge on any atom is 0.0768 e. The summed E-state index contributed by atoms with van der Waals surface area (Å²) in [5.41, 5.74) is 5.09. The van der Waals surface area contributed by atoms with Crippen molar-refractivity contribution >= 4 is 0 Å². The molecule has 4 spiro atoms. The van der Waals surface area contributed by atoms with Gasteiger partial charge in [-0.1, -0.05) is 54.0 Å². The lowest BCUT2D eigenvalue weighted by atomic mass is 9.40. The van der Waals surface area contributed by atoms with E-state index in [1.165, 1.54) is 94.6 Å². The quantitative estimate of drug-likeness (QED) is 0.405. The third-order valence-corrected chi connectivity index (χ3v) is 13.3. The fourth-order valence-corrected chi connectivity index (χ4v) is 11.9. The molecule has 33 heavy (non-hydrogen) atoms. The van der Waals surface area contributed by atoms with Crippen molar-refractivity contribution < 1.29 is 5.11 Å². The molecule has 0 unspecified atom stereocenters. The average Bonchev–Trinajstić information content (AvgIpc) is 3.48. The van der Waals surface area contributed by atoms with Crippen molar-refractivity contribution in [2.45, 2.75) is 109 Å². The van der Waals surface area contributed by atoms with Crippen molar-refractivity contribution in [2.75, 3.05) is 0 Å². The Bertz CT molecular complexity index is 994. The predicted octanol–water partition coefficient (Wildman–Crippen LogP) is 8.07. The summed E-state index contributed by atoms with van der Waals surface area (Å²) < 4.78 is 0. The van der Waals surface area contributed by atoms with Gasteiger partial charge >= 0.3 is 0 Å². The normalized spacial score (nSPS) is 54.1. The lowest BCUT2D eigenvalue weighted by Crippen LogP contribution is -2.64. The highest BCUT2D eigenvalue weighted by molar-refractivity contribution is 5.47. The molecule has 178 valence electrons. The number of aliphatic hydroxyl groups is 1. The minimum Gasteiger partial charge on any atom is -0.389 e. The Labute approximate surface area is 201 Å². The van der Waals surface area contributed by atoms with E-state index < -0.39 is 5.60 Å². The molecule has 1 heteroatoms. The molecule has 0 heterocycles. The molecule has 0 saturated heterocycles. The summed E-state index contributed by atoms with van der Waals surface area (Å²) in [5.74, 6) is 1.96. The van der Waals surface area contributed by atoms with E-state index in [1.807, 2.05) is 0 Å². The molecule has 1 N–H and O–H groups in total. The Balaban J connectivity index is 1.37. The van der Waals surface area contributed by atoms with E-state index in [2.05, 4.69) is 44.7 Å². The molecule has 0 bridgehead atoms. The van der Waals surface area contributed by atoms with Crippen molar-refractivity contribution in [3.63, 3.8) is 0 Å². The summed E-state index contributed by atoms with van der Waals surface area (Å²) in [7, 11) is 0. The van der Waals surface area contributed by atoms with Crippen LogP contribution in [0.2, 0.25) is 0 Å². The number of rotatable bonds is 1. The largest absolute Gasteiger partial charge is 0.389 e. The van der Waals surface area contributed by atoms with Gasteiger partial charge in [-0.05, 0) is 115 Å². The average molecular weight is 445 g/mol. The van der Waals surface area contributed by atoms with Crippen molar-refractivity contribution in [1.29, 1.82) is 0 Å². The van der Waals surface area contributed by atoms with E-state index in [9.17, 15) is 5.11 Å². The first kappa shape index (κ1) is 21.2. The van der Waals surface area contributed by atoms with Gasteiger partial charge in [0.15, 0.2) is 0 Å². The zero-order chi connectivity index (χ0) is 22.7. The first-order valence-electron chi connectivity index (χ1n) is 14.3. The van der Waals surface area contributed by atoms with Crippen LogP contribution in [0.3, 0.4) is 0 Å². The molecule has 1 nitrogen and oxygen atoms in total. The molecule has 8 atom stereocenters. The summed E-state index contributed by atoms with van der Waals surface area (Å²) in [6.45, 7) is 8.99. The van der Waals surface area contributed by atoms with Gasteiger partial charge in [-0.2, -0.15) is 0 Å². The van der Waals surface area contributed by atoms with Gasteiger partial charge in [0.05, 0.1) is 5.60 Å². The molecule has 7 rings (SSSR count). The predicted molar refractivity (Wildman–Crippen MR) is 136 cm³/mol. The van der Waals surface area contributed by atoms with Gasteiger partial charge in [0.25, 0.3) is 0 Å². The van der Waals surface area contributed by atoms with E-state index >= 15 is 0 Å². The van der Waals surface area contributed by atoms with Crippen molar-refractivity contribution in [3.05, 3.63) is 47.6 Å². The lowest BCUT2D eigenvalue weighted by Gasteiger charge is -2.65. The SMILES string of the molecule is C=C(C)[C@@H]1CC[C@@]23CC=C[C@@H]4[C@]5(CC[C@@H]6CCC[C@@]67CCC[C@]75O)CC[C@@]42C=CC(C)=C3C1. The van der Waals surface area contributed by atoms with Crippen LogP contribution in [-0.2, 0) is 0 Å². The van der Waals surface area contributed by atoms with Crippen LogP contribution < -0.4 is 0 Å². The van der Waals surface area contributed by atoms with Gasteiger partial charge in [-0.25, -0.2) is 0 Å². The molecule has 5 fully saturated rings. The standard InChI is InChI=1S/C32H44O/c1-22(2)24-10-17-29-13-5-8-27-30(29,16-9-23(3)26(29)21-24)19-20-31(27)18-11-25-7-4-12-28(25)14-6-15-32(28,31)33/h5,8-9,16,24-25,27,33H,1,4,6-7,10-15,17-21H2,2-3H3/t24-,25+,27+,28-,29-,30+,31+,32+/m1/s1. The first-order valence-corrected chi connectivity index (χ1v) is 14.3. The van der Waals surface area contributed by atoms with Gasteiger partial charge in [0.1, 0.15) is 0 Å². The smallest absolute Gasteiger partial charge is 0.0768 e. The van der Waals surface area contributed by atoms with E-state index in [-0.39, 0.29) is 21.7 Å². The topological polar surface area (TPSA) is 20.2 Å². The Morgan fingerprint density at radius 3 is 2.67 bits per heavy atom. The zero-order valence-corrected chi connectivity index (χ0v) is 21.1. The van der Waals surface area contributed by atoms with Gasteiger partial charge in [-0.15, -0.1) is 0 Å². The number of fused-ring (bicyclic) bond motifs is 2. The molecule has 7 aliphatic carbocycles. The molecule has 0 aliphatic heterocycles. The second-order valence-electron chi connectivity index (χ2n) is 13.7. The Morgan fingerprint density at radius 1 is 0.970 bits per heavy atom. The summed E-state index contributed by atoms with van der Waals surface area (Å²) >= 11 is 0. The third-order valence-electron chi connectivity index (χ3n) is 13.3. The fraction of sp³-hybridized carbons (Fsp3) is 0.750. The Kier molecular flexibility index (Phi) is 4.22. The van der Waals surface area contributed by atoms with Crippen molar-refractivity contribution in [2.24, 2.45) is 39.4 Å². The van der Waals surface area contributed by atoms with E-state index in [1.54, 1.807) is 5.57 Å². The molecular weight excluding hydrogens is 400 g/mol. The summed E-state index contributed by atoms with van der Waals surface area (Å²) in [6, 6.07) is 0. The van der Waals surface area contributed by atoms with Crippen LogP contribution in [0.1, 0.15) is 104 Å². The van der Waals surface area contributed by atoms with Crippen LogP contribution in [0, 0.1) is 39.4 Å². The van der Waals surface area contributed by atoms with Gasteiger partial charge in [0.2, 0.25) is 0 Å². The maximum absolute atomic E-state index is 12.9. The fourth-order valence-electron chi connectivity index (χ4n) is 11.9. The Hall–Kier alpha value is -1.08. The first-order chi connectivity index (χ1) is 15.8. The summed E-state index contributed by atoms with van der Waals surface area (Å²) in [5, 5.41) is 12.9. The van der Waals surface area contributed by atoms with Crippen LogP contribution in [0.25, 0.3) is 0 Å². The van der Waals surface area contributed by atoms with E-state index in [0.717, 1.165) is 12.3 Å². The molecular formula is C32H44O. The summed E-state index contributed by atoms with van der Waals surface area (Å²) in [6.07, 6.45) is 28.3. The van der Waals surface area contributed by atoms with E-state index in [0.29, 0.717) is 11.8 Å². The molecule has 0 aromatic heterocycles. The molecule has 7 aliphatic rings. The third kappa shape index (κ3) is 2.18. The van der Waals surface area contributed by atoms with Crippen molar-refractivity contribution in [3.8, 4) is 0 Å². The van der Waals surface area contributed by atoms with Gasteiger partial charge < -0.3 is 5.11 Å². The van der Waals surface area contributed by atoms with E-state index in [4.69, 9.17) is 0 Å². The van der Waals surface area contributed by atoms with Crippen LogP contribution in [0.4, 0.5) is 0 Å². The maximum atomic E-state index is 12.9. The monoisotopic (exact) mass is 444 g/mol. The second kappa shape index (κ2) is 6.57. The highest BCUT2D eigenvalue weighted by Gasteiger charge is 2.77. The molecule has 0 radical (unpaired) electrons. The zero-order valence-electron chi connectivity index (χ0n) is 21.1. The number of allylic oxidation sites excluding steroid dienone is 7. The lowest BCUT2D eigenvalue weighted by molar-refractivity contribution is -0.216. The molecule has 5 saturated carbocycles. The number of hydrogen-bond acceptors (Lipinski definition) is 1. The van der Waals surface area contributed by atoms with Crippen LogP contribution >= 0.6 is 0 Å². The van der Waals surface area contributed by atoms with Crippen LogP contribution in [0.15, 0.2) is 47.6 Å². The van der Waals surface area contributed by atoms with Crippen LogP contribution in [0.5, 0.6) is 0 Å². The molecule has 0 amide bonds. The number of hydrogen-bond donors (Lipinski definition) is 1. The van der Waals surface area contributed by atoms with Gasteiger partial charge in [0, 0.05) is 21.7 Å². The highest BCUT2D eigenvalue weighted by atomic mass is 16.3. The Morgan fingerprint density at radius 2 is 1.82 bits per heavy atom. The summed E-state index contributed by atoms with van der Waals surface area (Å²) in [4.78, 5) is 0. The van der Waals surface area contributed by atoms with Crippen molar-refractivity contribution in [1.82, 2.24) is 0 Å². The second-order valence-corrected chi connectivity index (χ2v) is 13.7. The highest BCUT2D eigenvalue weighted by Crippen LogP contribution is 2.81. The minimum atomic E-state index is -0.435. The van der Waals surface area contributed by atoms with Gasteiger partial charge in [-0.3, -0.25) is 0 Å². The molecule has 0 aromatic carbocycles.